The van der Waals surface area contributed by atoms with E-state index in [-0.39, 0.29) is 19.0 Å². The van der Waals surface area contributed by atoms with Gasteiger partial charge in [0.05, 0.1) is 13.2 Å². The Bertz CT molecular complexity index is 553. The van der Waals surface area contributed by atoms with E-state index in [1.165, 1.54) is 6.07 Å². The molecule has 1 atom stereocenters. The van der Waals surface area contributed by atoms with Gasteiger partial charge in [-0.1, -0.05) is 0 Å². The van der Waals surface area contributed by atoms with Crippen LogP contribution in [0.15, 0.2) is 18.2 Å². The number of β-amino-alcohol motifs (C(OH)–C–C–N with tert-alkyl or cyclic N) is 1. The summed E-state index contributed by atoms with van der Waals surface area (Å²) in [6.45, 7) is 3.27. The van der Waals surface area contributed by atoms with Crippen LogP contribution in [0.3, 0.4) is 0 Å². The molecular weight excluding hydrogens is 320 g/mol. The van der Waals surface area contributed by atoms with Gasteiger partial charge in [0.2, 0.25) is 0 Å². The van der Waals surface area contributed by atoms with Gasteiger partial charge in [-0.3, -0.25) is 4.90 Å². The van der Waals surface area contributed by atoms with E-state index in [2.05, 4.69) is 4.90 Å². The summed E-state index contributed by atoms with van der Waals surface area (Å²) in [6.07, 6.45) is 1.86. The molecule has 2 fully saturated rings. The monoisotopic (exact) mass is 343 g/mol. The molecule has 0 amide bonds. The first-order valence-corrected chi connectivity index (χ1v) is 8.25. The fourth-order valence-corrected chi connectivity index (χ4v) is 3.18. The van der Waals surface area contributed by atoms with Crippen LogP contribution in [0.2, 0.25) is 0 Å². The second-order valence-corrected chi connectivity index (χ2v) is 6.46. The molecule has 1 N–H and O–H groups in total. The molecule has 5 nitrogen and oxygen atoms in total. The maximum absolute atomic E-state index is 13.2. The highest BCUT2D eigenvalue weighted by Crippen LogP contribution is 2.22. The average Bonchev–Trinajstić information content (AvgIpc) is 2.79. The lowest BCUT2D eigenvalue weighted by molar-refractivity contribution is -0.0714. The number of hydrogen-bond acceptors (Lipinski definition) is 5. The number of nitrogens with zero attached hydrogens (tertiary/aromatic N) is 1. The van der Waals surface area contributed by atoms with Gasteiger partial charge in [-0.05, 0) is 25.0 Å². The molecule has 0 bridgehead atoms. The molecule has 2 saturated heterocycles. The van der Waals surface area contributed by atoms with E-state index in [0.29, 0.717) is 19.2 Å². The smallest absolute Gasteiger partial charge is 0.162 e. The Labute approximate surface area is 140 Å². The third-order valence-electron chi connectivity index (χ3n) is 4.50. The molecule has 0 spiro atoms. The van der Waals surface area contributed by atoms with Gasteiger partial charge in [0.1, 0.15) is 18.0 Å². The summed E-state index contributed by atoms with van der Waals surface area (Å²) in [5.74, 6) is -1.71. The van der Waals surface area contributed by atoms with E-state index in [4.69, 9.17) is 14.2 Å². The molecule has 24 heavy (non-hydrogen) atoms. The molecule has 2 aliphatic rings. The molecule has 1 aromatic carbocycles. The second kappa shape index (κ2) is 7.74. The van der Waals surface area contributed by atoms with Crippen molar-refractivity contribution in [1.29, 1.82) is 0 Å². The van der Waals surface area contributed by atoms with Gasteiger partial charge in [-0.2, -0.15) is 0 Å². The zero-order valence-corrected chi connectivity index (χ0v) is 13.5. The summed E-state index contributed by atoms with van der Waals surface area (Å²) >= 11 is 0. The minimum atomic E-state index is -1.19. The zero-order valence-electron chi connectivity index (χ0n) is 13.5. The van der Waals surface area contributed by atoms with Crippen LogP contribution >= 0.6 is 0 Å². The van der Waals surface area contributed by atoms with Crippen molar-refractivity contribution < 1.29 is 28.1 Å². The molecule has 134 valence electrons. The van der Waals surface area contributed by atoms with Gasteiger partial charge >= 0.3 is 0 Å². The van der Waals surface area contributed by atoms with E-state index in [0.717, 1.165) is 44.7 Å². The van der Waals surface area contributed by atoms with Crippen LogP contribution in [0.5, 0.6) is 5.75 Å². The minimum absolute atomic E-state index is 0.0439. The third kappa shape index (κ3) is 4.42. The SMILES string of the molecule is O[C@]1(COc2ccc(F)c(F)c2)COCCN(C2CCOCC2)C1. The summed E-state index contributed by atoms with van der Waals surface area (Å²) in [5, 5.41) is 10.8. The Hall–Kier alpha value is -1.28. The summed E-state index contributed by atoms with van der Waals surface area (Å²) in [7, 11) is 0. The van der Waals surface area contributed by atoms with Crippen molar-refractivity contribution >= 4 is 0 Å². The number of benzene rings is 1. The van der Waals surface area contributed by atoms with Crippen molar-refractivity contribution in [3.8, 4) is 5.75 Å². The van der Waals surface area contributed by atoms with Crippen LogP contribution in [-0.2, 0) is 9.47 Å². The summed E-state index contributed by atoms with van der Waals surface area (Å²) in [5.41, 5.74) is -1.19. The highest BCUT2D eigenvalue weighted by atomic mass is 19.2. The first-order valence-electron chi connectivity index (χ1n) is 8.25. The summed E-state index contributed by atoms with van der Waals surface area (Å²) in [4.78, 5) is 2.21. The Morgan fingerprint density at radius 2 is 1.96 bits per heavy atom. The molecule has 0 aromatic heterocycles. The van der Waals surface area contributed by atoms with Gasteiger partial charge in [-0.25, -0.2) is 8.78 Å². The molecular formula is C17H23F2NO4. The maximum atomic E-state index is 13.2. The normalized spacial score (nSPS) is 27.0. The lowest BCUT2D eigenvalue weighted by Gasteiger charge is -2.37. The number of halogens is 2. The van der Waals surface area contributed by atoms with Gasteiger partial charge < -0.3 is 19.3 Å². The largest absolute Gasteiger partial charge is 0.490 e. The lowest BCUT2D eigenvalue weighted by atomic mass is 10.0. The van der Waals surface area contributed by atoms with Crippen molar-refractivity contribution in [2.45, 2.75) is 24.5 Å². The highest BCUT2D eigenvalue weighted by Gasteiger charge is 2.36. The minimum Gasteiger partial charge on any atom is -0.490 e. The Balaban J connectivity index is 1.62. The quantitative estimate of drug-likeness (QED) is 0.900. The molecule has 3 rings (SSSR count). The van der Waals surface area contributed by atoms with E-state index >= 15 is 0 Å². The summed E-state index contributed by atoms with van der Waals surface area (Å²) in [6, 6.07) is 3.68. The topological polar surface area (TPSA) is 51.2 Å². The third-order valence-corrected chi connectivity index (χ3v) is 4.50. The number of ether oxygens (including phenoxy) is 3. The van der Waals surface area contributed by atoms with Crippen molar-refractivity contribution in [3.05, 3.63) is 29.8 Å². The Morgan fingerprint density at radius 3 is 2.71 bits per heavy atom. The fourth-order valence-electron chi connectivity index (χ4n) is 3.18. The van der Waals surface area contributed by atoms with Crippen LogP contribution in [0.1, 0.15) is 12.8 Å². The fraction of sp³-hybridized carbons (Fsp3) is 0.647. The first-order chi connectivity index (χ1) is 11.6. The molecule has 0 unspecified atom stereocenters. The number of aliphatic hydroxyl groups is 1. The highest BCUT2D eigenvalue weighted by molar-refractivity contribution is 5.23. The van der Waals surface area contributed by atoms with Crippen molar-refractivity contribution in [1.82, 2.24) is 4.90 Å². The van der Waals surface area contributed by atoms with Gasteiger partial charge in [0.25, 0.3) is 0 Å². The van der Waals surface area contributed by atoms with Crippen LogP contribution in [-0.4, -0.2) is 67.8 Å². The molecule has 0 aliphatic carbocycles. The van der Waals surface area contributed by atoms with Crippen LogP contribution < -0.4 is 4.74 Å². The second-order valence-electron chi connectivity index (χ2n) is 6.46. The van der Waals surface area contributed by atoms with Crippen molar-refractivity contribution in [2.24, 2.45) is 0 Å². The molecule has 7 heteroatoms. The molecule has 2 aliphatic heterocycles. The number of hydrogen-bond donors (Lipinski definition) is 1. The van der Waals surface area contributed by atoms with E-state index in [1.54, 1.807) is 0 Å². The Morgan fingerprint density at radius 1 is 1.17 bits per heavy atom. The van der Waals surface area contributed by atoms with Crippen LogP contribution in [0, 0.1) is 11.6 Å². The van der Waals surface area contributed by atoms with Crippen LogP contribution in [0.4, 0.5) is 8.78 Å². The van der Waals surface area contributed by atoms with E-state index in [1.807, 2.05) is 0 Å². The number of rotatable bonds is 4. The predicted molar refractivity (Wildman–Crippen MR) is 83.0 cm³/mol. The first kappa shape index (κ1) is 17.5. The Kier molecular flexibility index (Phi) is 5.65. The molecule has 0 saturated carbocycles. The van der Waals surface area contributed by atoms with Gasteiger partial charge in [0, 0.05) is 38.4 Å². The zero-order chi connectivity index (χ0) is 17.0. The summed E-state index contributed by atoms with van der Waals surface area (Å²) < 4.78 is 42.6. The van der Waals surface area contributed by atoms with Gasteiger partial charge in [-0.15, -0.1) is 0 Å². The predicted octanol–water partition coefficient (Wildman–Crippen LogP) is 1.59. The van der Waals surface area contributed by atoms with Crippen LogP contribution in [0.25, 0.3) is 0 Å². The maximum Gasteiger partial charge on any atom is 0.162 e. The average molecular weight is 343 g/mol. The van der Waals surface area contributed by atoms with E-state index in [9.17, 15) is 13.9 Å². The van der Waals surface area contributed by atoms with Crippen molar-refractivity contribution in [3.63, 3.8) is 0 Å². The standard InChI is InChI=1S/C17H23F2NO4/c18-15-2-1-14(9-16(15)19)24-12-17(21)10-20(5-8-23-11-17)13-3-6-22-7-4-13/h1-2,9,13,21H,3-8,10-12H2/t17-/m0/s1. The van der Waals surface area contributed by atoms with Gasteiger partial charge in [0.15, 0.2) is 11.6 Å². The molecule has 0 radical (unpaired) electrons. The molecule has 2 heterocycles. The lowest BCUT2D eigenvalue weighted by Crippen LogP contribution is -2.52. The van der Waals surface area contributed by atoms with Crippen molar-refractivity contribution in [2.75, 3.05) is 46.1 Å². The van der Waals surface area contributed by atoms with E-state index < -0.39 is 17.2 Å². The molecule has 1 aromatic rings.